The summed E-state index contributed by atoms with van der Waals surface area (Å²) in [5.41, 5.74) is 3.88. The SMILES string of the molecule is CC(C)CCCC(C)C1CCC2C3CCC4C/C(=N/Nc5ccc([N+](=O)[O-])cc5[N+](=O)[O-])C=CC4(C)C3CCC12C. The van der Waals surface area contributed by atoms with E-state index in [1.165, 1.54) is 69.9 Å². The maximum absolute atomic E-state index is 11.5. The summed E-state index contributed by atoms with van der Waals surface area (Å²) in [6, 6.07) is 3.61. The second-order valence-corrected chi connectivity index (χ2v) is 14.5. The molecular weight excluding hydrogens is 516 g/mol. The van der Waals surface area contributed by atoms with Gasteiger partial charge in [0.25, 0.3) is 5.69 Å². The highest BCUT2D eigenvalue weighted by Crippen LogP contribution is 2.67. The summed E-state index contributed by atoms with van der Waals surface area (Å²) >= 11 is 0. The van der Waals surface area contributed by atoms with E-state index >= 15 is 0 Å². The Labute approximate surface area is 244 Å². The molecule has 0 spiro atoms. The lowest BCUT2D eigenvalue weighted by atomic mass is 9.45. The van der Waals surface area contributed by atoms with Crippen molar-refractivity contribution in [2.45, 2.75) is 98.8 Å². The van der Waals surface area contributed by atoms with Crippen molar-refractivity contribution in [3.8, 4) is 0 Å². The molecule has 0 bridgehead atoms. The lowest BCUT2D eigenvalue weighted by molar-refractivity contribution is -0.393. The van der Waals surface area contributed by atoms with E-state index in [1.54, 1.807) is 0 Å². The number of nitro groups is 2. The van der Waals surface area contributed by atoms with Crippen molar-refractivity contribution in [2.75, 3.05) is 5.43 Å². The molecule has 4 aliphatic rings. The molecule has 8 unspecified atom stereocenters. The Balaban J connectivity index is 1.28. The third kappa shape index (κ3) is 5.55. The lowest BCUT2D eigenvalue weighted by Gasteiger charge is -2.59. The Morgan fingerprint density at radius 1 is 1.00 bits per heavy atom. The summed E-state index contributed by atoms with van der Waals surface area (Å²) in [5, 5.41) is 27.1. The number of hydrogen-bond donors (Lipinski definition) is 1. The second-order valence-electron chi connectivity index (χ2n) is 14.5. The Morgan fingerprint density at radius 3 is 2.49 bits per heavy atom. The minimum absolute atomic E-state index is 0.156. The van der Waals surface area contributed by atoms with Crippen LogP contribution in [0.2, 0.25) is 0 Å². The second kappa shape index (κ2) is 11.5. The minimum atomic E-state index is -0.627. The predicted molar refractivity (Wildman–Crippen MR) is 164 cm³/mol. The van der Waals surface area contributed by atoms with E-state index < -0.39 is 9.85 Å². The zero-order chi connectivity index (χ0) is 29.5. The van der Waals surface area contributed by atoms with Crippen molar-refractivity contribution < 1.29 is 9.85 Å². The van der Waals surface area contributed by atoms with E-state index in [2.05, 4.69) is 57.3 Å². The molecule has 8 atom stereocenters. The number of rotatable bonds is 9. The van der Waals surface area contributed by atoms with Gasteiger partial charge in [-0.05, 0) is 109 Å². The summed E-state index contributed by atoms with van der Waals surface area (Å²) in [6.45, 7) is 12.3. The fraction of sp³-hybridized carbons (Fsp3) is 0.727. The standard InChI is InChI=1S/C33H48N4O4/c1-21(2)7-6-8-22(3)27-12-13-28-26-11-9-23-19-24(15-17-32(23,4)29(26)16-18-33(27,28)5)34-35-30-14-10-25(36(38)39)20-31(30)37(40)41/h10,14-15,17,20-23,26-29,35H,6-9,11-13,16,18-19H2,1-5H3/b34-24+. The number of hydrazone groups is 1. The molecular formula is C33H48N4O4. The monoisotopic (exact) mass is 564 g/mol. The lowest BCUT2D eigenvalue weighted by Crippen LogP contribution is -2.52. The van der Waals surface area contributed by atoms with Crippen LogP contribution in [0.4, 0.5) is 17.1 Å². The zero-order valence-electron chi connectivity index (χ0n) is 25.5. The minimum Gasteiger partial charge on any atom is -0.271 e. The number of hydrogen-bond acceptors (Lipinski definition) is 6. The molecule has 3 saturated carbocycles. The molecule has 224 valence electrons. The number of nitrogens with one attached hydrogen (secondary N) is 1. The highest BCUT2D eigenvalue weighted by molar-refractivity contribution is 5.96. The fourth-order valence-corrected chi connectivity index (χ4v) is 9.77. The molecule has 3 fully saturated rings. The van der Waals surface area contributed by atoms with Crippen molar-refractivity contribution >= 4 is 22.8 Å². The summed E-state index contributed by atoms with van der Waals surface area (Å²) in [5.74, 6) is 5.33. The van der Waals surface area contributed by atoms with Gasteiger partial charge in [0, 0.05) is 6.07 Å². The molecule has 8 nitrogen and oxygen atoms in total. The van der Waals surface area contributed by atoms with Gasteiger partial charge in [0.05, 0.1) is 21.6 Å². The maximum atomic E-state index is 11.5. The maximum Gasteiger partial charge on any atom is 0.301 e. The number of non-ortho nitro benzene ring substituents is 1. The van der Waals surface area contributed by atoms with Crippen LogP contribution in [-0.2, 0) is 0 Å². The molecule has 4 aliphatic carbocycles. The van der Waals surface area contributed by atoms with Crippen LogP contribution in [0.1, 0.15) is 98.8 Å². The van der Waals surface area contributed by atoms with Gasteiger partial charge >= 0.3 is 5.69 Å². The van der Waals surface area contributed by atoms with Gasteiger partial charge in [0.2, 0.25) is 0 Å². The van der Waals surface area contributed by atoms with Crippen LogP contribution < -0.4 is 5.43 Å². The quantitative estimate of drug-likeness (QED) is 0.237. The first-order valence-corrected chi connectivity index (χ1v) is 15.9. The van der Waals surface area contributed by atoms with Crippen LogP contribution in [0.25, 0.3) is 0 Å². The van der Waals surface area contributed by atoms with Crippen LogP contribution in [0, 0.1) is 72.5 Å². The van der Waals surface area contributed by atoms with Gasteiger partial charge in [-0.25, -0.2) is 0 Å². The third-order valence-corrected chi connectivity index (χ3v) is 12.0. The van der Waals surface area contributed by atoms with Gasteiger partial charge in [0.15, 0.2) is 0 Å². The van der Waals surface area contributed by atoms with Gasteiger partial charge in [-0.3, -0.25) is 25.7 Å². The highest BCUT2D eigenvalue weighted by atomic mass is 16.6. The topological polar surface area (TPSA) is 111 Å². The Kier molecular flexibility index (Phi) is 8.32. The molecule has 0 amide bonds. The number of anilines is 1. The first kappa shape index (κ1) is 29.7. The molecule has 8 heteroatoms. The molecule has 1 aromatic carbocycles. The Hall–Kier alpha value is -2.77. The molecule has 0 aliphatic heterocycles. The van der Waals surface area contributed by atoms with Crippen molar-refractivity contribution in [3.05, 3.63) is 50.6 Å². The van der Waals surface area contributed by atoms with Gasteiger partial charge in [-0.1, -0.05) is 60.0 Å². The van der Waals surface area contributed by atoms with Crippen molar-refractivity contribution in [2.24, 2.45) is 57.4 Å². The van der Waals surface area contributed by atoms with Crippen molar-refractivity contribution in [1.29, 1.82) is 0 Å². The third-order valence-electron chi connectivity index (χ3n) is 12.0. The highest BCUT2D eigenvalue weighted by Gasteiger charge is 2.59. The van der Waals surface area contributed by atoms with E-state index in [9.17, 15) is 20.2 Å². The number of fused-ring (bicyclic) bond motifs is 5. The first-order valence-electron chi connectivity index (χ1n) is 15.9. The normalized spacial score (nSPS) is 36.0. The number of allylic oxidation sites excluding steroid dienone is 2. The van der Waals surface area contributed by atoms with Gasteiger partial charge in [-0.2, -0.15) is 5.10 Å². The molecule has 0 heterocycles. The zero-order valence-corrected chi connectivity index (χ0v) is 25.5. The van der Waals surface area contributed by atoms with Crippen LogP contribution in [-0.4, -0.2) is 15.6 Å². The number of nitro benzene ring substituents is 2. The van der Waals surface area contributed by atoms with E-state index in [4.69, 9.17) is 0 Å². The Bertz CT molecular complexity index is 1230. The summed E-state index contributed by atoms with van der Waals surface area (Å²) < 4.78 is 0. The summed E-state index contributed by atoms with van der Waals surface area (Å²) in [7, 11) is 0. The van der Waals surface area contributed by atoms with Gasteiger partial charge in [0.1, 0.15) is 5.69 Å². The molecule has 41 heavy (non-hydrogen) atoms. The number of benzene rings is 1. The largest absolute Gasteiger partial charge is 0.301 e. The molecule has 0 radical (unpaired) electrons. The van der Waals surface area contributed by atoms with E-state index in [0.717, 1.165) is 47.8 Å². The predicted octanol–water partition coefficient (Wildman–Crippen LogP) is 9.17. The first-order chi connectivity index (χ1) is 19.4. The van der Waals surface area contributed by atoms with E-state index in [0.29, 0.717) is 17.3 Å². The van der Waals surface area contributed by atoms with Crippen LogP contribution in [0.3, 0.4) is 0 Å². The van der Waals surface area contributed by atoms with Gasteiger partial charge in [-0.15, -0.1) is 0 Å². The molecule has 0 aromatic heterocycles. The molecule has 5 rings (SSSR count). The van der Waals surface area contributed by atoms with Crippen LogP contribution >= 0.6 is 0 Å². The molecule has 0 saturated heterocycles. The Morgan fingerprint density at radius 2 is 1.78 bits per heavy atom. The molecule has 1 aromatic rings. The average Bonchev–Trinajstić information content (AvgIpc) is 3.28. The van der Waals surface area contributed by atoms with Gasteiger partial charge < -0.3 is 0 Å². The smallest absolute Gasteiger partial charge is 0.271 e. The van der Waals surface area contributed by atoms with E-state index in [-0.39, 0.29) is 22.5 Å². The van der Waals surface area contributed by atoms with Crippen molar-refractivity contribution in [1.82, 2.24) is 0 Å². The average molecular weight is 565 g/mol. The summed E-state index contributed by atoms with van der Waals surface area (Å²) in [4.78, 5) is 21.3. The fourth-order valence-electron chi connectivity index (χ4n) is 9.77. The molecule has 1 N–H and O–H groups in total. The van der Waals surface area contributed by atoms with Crippen LogP contribution in [0.15, 0.2) is 35.5 Å². The van der Waals surface area contributed by atoms with Crippen LogP contribution in [0.5, 0.6) is 0 Å². The van der Waals surface area contributed by atoms with E-state index in [1.807, 2.05) is 0 Å². The number of nitrogens with zero attached hydrogens (tertiary/aromatic N) is 3. The summed E-state index contributed by atoms with van der Waals surface area (Å²) in [6.07, 6.45) is 17.4. The van der Waals surface area contributed by atoms with Crippen molar-refractivity contribution in [3.63, 3.8) is 0 Å².